The molecular formula is C20H26N2O2. The van der Waals surface area contributed by atoms with Crippen LogP contribution < -0.4 is 4.74 Å². The van der Waals surface area contributed by atoms with E-state index in [4.69, 9.17) is 4.74 Å². The lowest BCUT2D eigenvalue weighted by Crippen LogP contribution is -2.36. The molecule has 0 N–H and O–H groups in total. The Balaban J connectivity index is 1.84. The van der Waals surface area contributed by atoms with Gasteiger partial charge in [0.15, 0.2) is 0 Å². The third-order valence-electron chi connectivity index (χ3n) is 3.98. The summed E-state index contributed by atoms with van der Waals surface area (Å²) >= 11 is 0. The smallest absolute Gasteiger partial charge is 0.236 e. The SMILES string of the molecule is COc1ccc(CN(C)C(=O)CN(C)Cc2ccc(C)cc2)cc1. The zero-order valence-corrected chi connectivity index (χ0v) is 15.0. The number of rotatable bonds is 7. The Hall–Kier alpha value is -2.33. The lowest BCUT2D eigenvalue weighted by molar-refractivity contribution is -0.131. The zero-order chi connectivity index (χ0) is 17.5. The van der Waals surface area contributed by atoms with Gasteiger partial charge in [-0.25, -0.2) is 0 Å². The number of aryl methyl sites for hydroxylation is 1. The van der Waals surface area contributed by atoms with Gasteiger partial charge in [-0.2, -0.15) is 0 Å². The van der Waals surface area contributed by atoms with E-state index in [-0.39, 0.29) is 5.91 Å². The monoisotopic (exact) mass is 326 g/mol. The van der Waals surface area contributed by atoms with E-state index >= 15 is 0 Å². The van der Waals surface area contributed by atoms with Gasteiger partial charge in [-0.15, -0.1) is 0 Å². The van der Waals surface area contributed by atoms with Gasteiger partial charge in [-0.1, -0.05) is 42.0 Å². The molecule has 128 valence electrons. The number of hydrogen-bond acceptors (Lipinski definition) is 3. The number of benzene rings is 2. The summed E-state index contributed by atoms with van der Waals surface area (Å²) in [6.07, 6.45) is 0. The van der Waals surface area contributed by atoms with Gasteiger partial charge in [0.2, 0.25) is 5.91 Å². The van der Waals surface area contributed by atoms with Gasteiger partial charge in [-0.05, 0) is 37.2 Å². The number of nitrogens with zero attached hydrogens (tertiary/aromatic N) is 2. The third kappa shape index (κ3) is 5.39. The molecule has 0 saturated heterocycles. The maximum absolute atomic E-state index is 12.4. The van der Waals surface area contributed by atoms with Gasteiger partial charge in [0, 0.05) is 20.1 Å². The fourth-order valence-electron chi connectivity index (χ4n) is 2.51. The highest BCUT2D eigenvalue weighted by Gasteiger charge is 2.12. The number of methoxy groups -OCH3 is 1. The van der Waals surface area contributed by atoms with Crippen molar-refractivity contribution in [1.82, 2.24) is 9.80 Å². The molecule has 0 atom stereocenters. The van der Waals surface area contributed by atoms with Crippen molar-refractivity contribution in [3.8, 4) is 5.75 Å². The van der Waals surface area contributed by atoms with Gasteiger partial charge >= 0.3 is 0 Å². The Kier molecular flexibility index (Phi) is 6.38. The fraction of sp³-hybridized carbons (Fsp3) is 0.350. The average Bonchev–Trinajstić information content (AvgIpc) is 2.57. The van der Waals surface area contributed by atoms with Crippen LogP contribution >= 0.6 is 0 Å². The highest BCUT2D eigenvalue weighted by Crippen LogP contribution is 2.13. The molecular weight excluding hydrogens is 300 g/mol. The van der Waals surface area contributed by atoms with Gasteiger partial charge in [-0.3, -0.25) is 9.69 Å². The molecule has 2 aromatic carbocycles. The largest absolute Gasteiger partial charge is 0.497 e. The number of carbonyl (C=O) groups excluding carboxylic acids is 1. The maximum atomic E-state index is 12.4. The first kappa shape index (κ1) is 18.0. The summed E-state index contributed by atoms with van der Waals surface area (Å²) in [5.74, 6) is 0.936. The molecule has 0 aliphatic carbocycles. The highest BCUT2D eigenvalue weighted by molar-refractivity contribution is 5.77. The van der Waals surface area contributed by atoms with E-state index in [0.29, 0.717) is 13.1 Å². The van der Waals surface area contributed by atoms with E-state index in [9.17, 15) is 4.79 Å². The summed E-state index contributed by atoms with van der Waals surface area (Å²) in [7, 11) is 5.46. The predicted octanol–water partition coefficient (Wildman–Crippen LogP) is 3.09. The van der Waals surface area contributed by atoms with Crippen LogP contribution in [0.3, 0.4) is 0 Å². The molecule has 2 rings (SSSR count). The standard InChI is InChI=1S/C20H26N2O2/c1-16-5-7-17(8-6-16)13-21(2)15-20(23)22(3)14-18-9-11-19(24-4)12-10-18/h5-12H,13-15H2,1-4H3. The molecule has 0 saturated carbocycles. The molecule has 0 radical (unpaired) electrons. The van der Waals surface area contributed by atoms with Gasteiger partial charge in [0.25, 0.3) is 0 Å². The highest BCUT2D eigenvalue weighted by atomic mass is 16.5. The number of amides is 1. The molecule has 0 spiro atoms. The van der Waals surface area contributed by atoms with Crippen molar-refractivity contribution >= 4 is 5.91 Å². The van der Waals surface area contributed by atoms with Gasteiger partial charge in [0.1, 0.15) is 5.75 Å². The molecule has 1 amide bonds. The van der Waals surface area contributed by atoms with Crippen LogP contribution in [0.25, 0.3) is 0 Å². The van der Waals surface area contributed by atoms with Crippen molar-refractivity contribution in [3.63, 3.8) is 0 Å². The number of carbonyl (C=O) groups is 1. The molecule has 0 unspecified atom stereocenters. The summed E-state index contributed by atoms with van der Waals surface area (Å²) < 4.78 is 5.15. The molecule has 0 aliphatic rings. The summed E-state index contributed by atoms with van der Waals surface area (Å²) in [6.45, 7) is 3.84. The van der Waals surface area contributed by atoms with Gasteiger partial charge in [0.05, 0.1) is 13.7 Å². The minimum Gasteiger partial charge on any atom is -0.497 e. The van der Waals surface area contributed by atoms with Crippen molar-refractivity contribution in [1.29, 1.82) is 0 Å². The number of ether oxygens (including phenoxy) is 1. The predicted molar refractivity (Wildman–Crippen MR) is 97.0 cm³/mol. The van der Waals surface area contributed by atoms with Crippen molar-refractivity contribution < 1.29 is 9.53 Å². The Morgan fingerprint density at radius 2 is 1.46 bits per heavy atom. The van der Waals surface area contributed by atoms with Crippen LogP contribution in [0.1, 0.15) is 16.7 Å². The molecule has 0 aromatic heterocycles. The fourth-order valence-corrected chi connectivity index (χ4v) is 2.51. The molecule has 0 bridgehead atoms. The lowest BCUT2D eigenvalue weighted by atomic mass is 10.1. The molecule has 2 aromatic rings. The van der Waals surface area contributed by atoms with Crippen LogP contribution in [0, 0.1) is 6.92 Å². The topological polar surface area (TPSA) is 32.8 Å². The molecule has 4 heteroatoms. The third-order valence-corrected chi connectivity index (χ3v) is 3.98. The summed E-state index contributed by atoms with van der Waals surface area (Å²) in [4.78, 5) is 16.2. The van der Waals surface area contributed by atoms with Crippen molar-refractivity contribution in [2.45, 2.75) is 20.0 Å². The summed E-state index contributed by atoms with van der Waals surface area (Å²) in [5, 5.41) is 0. The van der Waals surface area contributed by atoms with E-state index < -0.39 is 0 Å². The van der Waals surface area contributed by atoms with Crippen LogP contribution in [0.5, 0.6) is 5.75 Å². The molecule has 0 heterocycles. The zero-order valence-electron chi connectivity index (χ0n) is 15.0. The van der Waals surface area contributed by atoms with Crippen LogP contribution in [0.4, 0.5) is 0 Å². The van der Waals surface area contributed by atoms with Crippen LogP contribution in [-0.2, 0) is 17.9 Å². The minimum absolute atomic E-state index is 0.112. The van der Waals surface area contributed by atoms with Crippen LogP contribution in [0.2, 0.25) is 0 Å². The maximum Gasteiger partial charge on any atom is 0.236 e. The molecule has 4 nitrogen and oxygen atoms in total. The number of hydrogen-bond donors (Lipinski definition) is 0. The quantitative estimate of drug-likeness (QED) is 0.784. The average molecular weight is 326 g/mol. The Bertz CT molecular complexity index is 650. The van der Waals surface area contributed by atoms with Crippen LogP contribution in [-0.4, -0.2) is 43.5 Å². The first-order chi connectivity index (χ1) is 11.5. The molecule has 0 aliphatic heterocycles. The second kappa shape index (κ2) is 8.50. The van der Waals surface area contributed by atoms with Crippen molar-refractivity contribution in [2.24, 2.45) is 0 Å². The number of likely N-dealkylation sites (N-methyl/N-ethyl adjacent to an activating group) is 2. The van der Waals surface area contributed by atoms with E-state index in [1.807, 2.05) is 43.3 Å². The van der Waals surface area contributed by atoms with E-state index in [2.05, 4.69) is 31.2 Å². The second-order valence-electron chi connectivity index (χ2n) is 6.26. The summed E-state index contributed by atoms with van der Waals surface area (Å²) in [5.41, 5.74) is 3.55. The summed E-state index contributed by atoms with van der Waals surface area (Å²) in [6, 6.07) is 16.2. The van der Waals surface area contributed by atoms with Crippen molar-refractivity contribution in [2.75, 3.05) is 27.7 Å². The van der Waals surface area contributed by atoms with E-state index in [1.165, 1.54) is 11.1 Å². The first-order valence-corrected chi connectivity index (χ1v) is 8.09. The lowest BCUT2D eigenvalue weighted by Gasteiger charge is -2.22. The molecule has 0 fully saturated rings. The van der Waals surface area contributed by atoms with E-state index in [1.54, 1.807) is 12.0 Å². The Morgan fingerprint density at radius 3 is 2.04 bits per heavy atom. The van der Waals surface area contributed by atoms with Gasteiger partial charge < -0.3 is 9.64 Å². The molecule has 24 heavy (non-hydrogen) atoms. The van der Waals surface area contributed by atoms with E-state index in [0.717, 1.165) is 17.9 Å². The Labute approximate surface area is 144 Å². The second-order valence-corrected chi connectivity index (χ2v) is 6.26. The first-order valence-electron chi connectivity index (χ1n) is 8.09. The van der Waals surface area contributed by atoms with Crippen molar-refractivity contribution in [3.05, 3.63) is 65.2 Å². The minimum atomic E-state index is 0.112. The van der Waals surface area contributed by atoms with Crippen LogP contribution in [0.15, 0.2) is 48.5 Å². The normalized spacial score (nSPS) is 10.7. The Morgan fingerprint density at radius 1 is 0.917 bits per heavy atom.